The molecule has 0 amide bonds. The van der Waals surface area contributed by atoms with Crippen molar-refractivity contribution in [3.8, 4) is 0 Å². The van der Waals surface area contributed by atoms with Crippen LogP contribution in [0.2, 0.25) is 0 Å². The van der Waals surface area contributed by atoms with E-state index in [1.54, 1.807) is 0 Å². The van der Waals surface area contributed by atoms with Crippen LogP contribution in [0.3, 0.4) is 0 Å². The molecule has 1 fully saturated rings. The van der Waals surface area contributed by atoms with Crippen molar-refractivity contribution in [2.45, 2.75) is 24.4 Å². The molecule has 0 aromatic carbocycles. The summed E-state index contributed by atoms with van der Waals surface area (Å²) in [5, 5.41) is 3.01. The summed E-state index contributed by atoms with van der Waals surface area (Å²) in [5.74, 6) is 0.156. The van der Waals surface area contributed by atoms with Crippen molar-refractivity contribution in [3.63, 3.8) is 0 Å². The third-order valence-electron chi connectivity index (χ3n) is 1.61. The molecule has 1 nitrogen and oxygen atoms in total. The van der Waals surface area contributed by atoms with Gasteiger partial charge < -0.3 is 5.32 Å². The first-order chi connectivity index (χ1) is 5.08. The van der Waals surface area contributed by atoms with Crippen LogP contribution in [-0.2, 0) is 0 Å². The molecule has 0 aromatic heterocycles. The Morgan fingerprint density at radius 2 is 2.18 bits per heavy atom. The highest BCUT2D eigenvalue weighted by atomic mass is 32.2. The minimum atomic E-state index is -4.07. The Labute approximate surface area is 67.7 Å². The molecule has 1 rings (SSSR count). The van der Waals surface area contributed by atoms with Crippen LogP contribution in [0.15, 0.2) is 0 Å². The summed E-state index contributed by atoms with van der Waals surface area (Å²) in [6.07, 6.45) is 1.88. The maximum absolute atomic E-state index is 11.6. The Morgan fingerprint density at radius 3 is 2.64 bits per heavy atom. The maximum Gasteiger partial charge on any atom is 0.441 e. The van der Waals surface area contributed by atoms with E-state index in [0.29, 0.717) is 0 Å². The molecule has 0 aromatic rings. The van der Waals surface area contributed by atoms with Gasteiger partial charge in [-0.3, -0.25) is 0 Å². The molecule has 1 N–H and O–H groups in total. The third-order valence-corrected chi connectivity index (χ3v) is 2.51. The lowest BCUT2D eigenvalue weighted by atomic mass is 10.3. The topological polar surface area (TPSA) is 12.0 Å². The molecule has 1 saturated heterocycles. The van der Waals surface area contributed by atoms with Gasteiger partial charge in [0.25, 0.3) is 0 Å². The quantitative estimate of drug-likeness (QED) is 0.706. The van der Waals surface area contributed by atoms with Crippen LogP contribution in [0, 0.1) is 0 Å². The van der Waals surface area contributed by atoms with Crippen molar-refractivity contribution in [2.24, 2.45) is 0 Å². The van der Waals surface area contributed by atoms with Crippen molar-refractivity contribution >= 4 is 11.8 Å². The standard InChI is InChI=1S/C6H10F3NS/c7-6(8,9)11-4-5-2-1-3-10-5/h5,10H,1-4H2/t5-/m0/s1. The van der Waals surface area contributed by atoms with Crippen molar-refractivity contribution in [2.75, 3.05) is 12.3 Å². The van der Waals surface area contributed by atoms with Crippen molar-refractivity contribution in [3.05, 3.63) is 0 Å². The molecule has 5 heteroatoms. The zero-order valence-electron chi connectivity index (χ0n) is 5.95. The van der Waals surface area contributed by atoms with Crippen molar-refractivity contribution < 1.29 is 13.2 Å². The molecule has 1 aliphatic heterocycles. The zero-order valence-corrected chi connectivity index (χ0v) is 6.76. The van der Waals surface area contributed by atoms with E-state index in [0.717, 1.165) is 19.4 Å². The average molecular weight is 185 g/mol. The summed E-state index contributed by atoms with van der Waals surface area (Å²) in [7, 11) is 0. The minimum absolute atomic E-state index is 0.0683. The highest BCUT2D eigenvalue weighted by Gasteiger charge is 2.30. The van der Waals surface area contributed by atoms with E-state index in [9.17, 15) is 13.2 Å². The number of nitrogens with one attached hydrogen (secondary N) is 1. The fourth-order valence-electron chi connectivity index (χ4n) is 1.09. The molecule has 1 heterocycles. The van der Waals surface area contributed by atoms with Gasteiger partial charge in [-0.2, -0.15) is 13.2 Å². The number of halogens is 3. The molecule has 11 heavy (non-hydrogen) atoms. The second kappa shape index (κ2) is 3.67. The summed E-state index contributed by atoms with van der Waals surface area (Å²) in [6, 6.07) is 0.0709. The van der Waals surface area contributed by atoms with Crippen LogP contribution in [0.5, 0.6) is 0 Å². The van der Waals surface area contributed by atoms with Gasteiger partial charge in [0.1, 0.15) is 0 Å². The van der Waals surface area contributed by atoms with E-state index >= 15 is 0 Å². The molecular weight excluding hydrogens is 175 g/mol. The third kappa shape index (κ3) is 3.86. The van der Waals surface area contributed by atoms with Crippen LogP contribution >= 0.6 is 11.8 Å². The molecule has 0 bridgehead atoms. The summed E-state index contributed by atoms with van der Waals surface area (Å²) in [6.45, 7) is 0.864. The van der Waals surface area contributed by atoms with Gasteiger partial charge in [0.2, 0.25) is 0 Å². The summed E-state index contributed by atoms with van der Waals surface area (Å²) in [4.78, 5) is 0. The van der Waals surface area contributed by atoms with Crippen LogP contribution in [0.25, 0.3) is 0 Å². The van der Waals surface area contributed by atoms with Crippen LogP contribution in [-0.4, -0.2) is 23.8 Å². The summed E-state index contributed by atoms with van der Waals surface area (Å²) in [5.41, 5.74) is -4.07. The van der Waals surface area contributed by atoms with Gasteiger partial charge in [0.05, 0.1) is 0 Å². The highest BCUT2D eigenvalue weighted by molar-refractivity contribution is 8.00. The first-order valence-corrected chi connectivity index (χ1v) is 4.50. The van der Waals surface area contributed by atoms with Crippen molar-refractivity contribution in [1.82, 2.24) is 5.32 Å². The number of rotatable bonds is 2. The second-order valence-corrected chi connectivity index (χ2v) is 3.63. The molecule has 1 aliphatic rings. The SMILES string of the molecule is FC(F)(F)SC[C@@H]1CCCN1. The van der Waals surface area contributed by atoms with Crippen LogP contribution in [0.1, 0.15) is 12.8 Å². The van der Waals surface area contributed by atoms with E-state index in [1.807, 2.05) is 0 Å². The largest absolute Gasteiger partial charge is 0.441 e. The van der Waals surface area contributed by atoms with E-state index in [-0.39, 0.29) is 23.6 Å². The number of alkyl halides is 3. The molecule has 0 saturated carbocycles. The highest BCUT2D eigenvalue weighted by Crippen LogP contribution is 2.31. The maximum atomic E-state index is 11.6. The lowest BCUT2D eigenvalue weighted by Gasteiger charge is -2.10. The smallest absolute Gasteiger partial charge is 0.313 e. The van der Waals surface area contributed by atoms with Gasteiger partial charge in [-0.05, 0) is 31.1 Å². The number of thioether (sulfide) groups is 1. The first-order valence-electron chi connectivity index (χ1n) is 3.52. The van der Waals surface area contributed by atoms with Crippen LogP contribution < -0.4 is 5.32 Å². The molecule has 0 spiro atoms. The Bertz CT molecular complexity index is 119. The number of hydrogen-bond donors (Lipinski definition) is 1. The molecule has 0 unspecified atom stereocenters. The predicted octanol–water partition coefficient (Wildman–Crippen LogP) is 1.99. The molecule has 1 atom stereocenters. The molecule has 66 valence electrons. The first kappa shape index (κ1) is 9.19. The van der Waals surface area contributed by atoms with E-state index in [1.165, 1.54) is 0 Å². The molecular formula is C6H10F3NS. The summed E-state index contributed by atoms with van der Waals surface area (Å²) >= 11 is 0.0683. The van der Waals surface area contributed by atoms with Gasteiger partial charge in [-0.1, -0.05) is 0 Å². The van der Waals surface area contributed by atoms with E-state index in [4.69, 9.17) is 0 Å². The molecule has 0 radical (unpaired) electrons. The lowest BCUT2D eigenvalue weighted by Crippen LogP contribution is -2.25. The normalized spacial score (nSPS) is 25.9. The fraction of sp³-hybridized carbons (Fsp3) is 1.00. The van der Waals surface area contributed by atoms with E-state index < -0.39 is 5.51 Å². The van der Waals surface area contributed by atoms with Gasteiger partial charge >= 0.3 is 5.51 Å². The zero-order chi connectivity index (χ0) is 8.32. The van der Waals surface area contributed by atoms with Gasteiger partial charge in [0.15, 0.2) is 0 Å². The Morgan fingerprint density at radius 1 is 1.45 bits per heavy atom. The Hall–Kier alpha value is 0.1000. The van der Waals surface area contributed by atoms with Gasteiger partial charge in [-0.15, -0.1) is 0 Å². The number of hydrogen-bond acceptors (Lipinski definition) is 2. The average Bonchev–Trinajstić information content (AvgIpc) is 2.32. The summed E-state index contributed by atoms with van der Waals surface area (Å²) < 4.78 is 34.9. The Balaban J connectivity index is 2.11. The predicted molar refractivity (Wildman–Crippen MR) is 39.5 cm³/mol. The monoisotopic (exact) mass is 185 g/mol. The Kier molecular flexibility index (Phi) is 3.06. The minimum Gasteiger partial charge on any atom is -0.313 e. The van der Waals surface area contributed by atoms with Crippen molar-refractivity contribution in [1.29, 1.82) is 0 Å². The second-order valence-electron chi connectivity index (χ2n) is 2.55. The van der Waals surface area contributed by atoms with Gasteiger partial charge in [-0.25, -0.2) is 0 Å². The lowest BCUT2D eigenvalue weighted by molar-refractivity contribution is -0.0328. The fourth-order valence-corrected chi connectivity index (χ4v) is 1.77. The molecule has 0 aliphatic carbocycles. The van der Waals surface area contributed by atoms with Crippen LogP contribution in [0.4, 0.5) is 13.2 Å². The van der Waals surface area contributed by atoms with Gasteiger partial charge in [0, 0.05) is 11.8 Å². The van der Waals surface area contributed by atoms with E-state index in [2.05, 4.69) is 5.32 Å².